The van der Waals surface area contributed by atoms with E-state index in [9.17, 15) is 24.9 Å². The molecule has 0 spiro atoms. The third-order valence-corrected chi connectivity index (χ3v) is 9.41. The predicted octanol–water partition coefficient (Wildman–Crippen LogP) is -0.665. The third kappa shape index (κ3) is 9.72. The van der Waals surface area contributed by atoms with Crippen LogP contribution in [0.15, 0.2) is 119 Å². The molecule has 0 aliphatic carbocycles. The number of carboxylic acid groups (broad SMARTS) is 1. The second kappa shape index (κ2) is 19.2. The Labute approximate surface area is 346 Å². The predicted molar refractivity (Wildman–Crippen MR) is 191 cm³/mol. The molecule has 0 radical (unpaired) electrons. The van der Waals surface area contributed by atoms with Crippen LogP contribution in [0.1, 0.15) is 87.0 Å². The fourth-order valence-corrected chi connectivity index (χ4v) is 6.32. The molecule has 0 aromatic carbocycles. The molecule has 12 heteroatoms. The average Bonchev–Trinajstić information content (AvgIpc) is 3.76. The molecule has 5 heterocycles. The Balaban J connectivity index is 0.00000120. The van der Waals surface area contributed by atoms with E-state index >= 15 is 0 Å². The topological polar surface area (TPSA) is 153 Å². The zero-order chi connectivity index (χ0) is 36.2. The van der Waals surface area contributed by atoms with Gasteiger partial charge in [0.15, 0.2) is 0 Å². The summed E-state index contributed by atoms with van der Waals surface area (Å²) in [5.74, 6) is -2.03. The van der Waals surface area contributed by atoms with Crippen LogP contribution < -0.4 is 74.6 Å². The van der Waals surface area contributed by atoms with Gasteiger partial charge in [0.2, 0.25) is 5.91 Å². The van der Waals surface area contributed by atoms with E-state index in [0.717, 1.165) is 75.8 Å². The number of aliphatic hydroxyl groups is 1. The zero-order valence-corrected chi connectivity index (χ0v) is 35.9. The smallest absolute Gasteiger partial charge is 0.629 e. The molecule has 0 aromatic heterocycles. The van der Waals surface area contributed by atoms with Gasteiger partial charge in [-0.15, -0.1) is 0 Å². The second-order valence-electron chi connectivity index (χ2n) is 12.8. The van der Waals surface area contributed by atoms with Gasteiger partial charge >= 0.3 is 59.1 Å². The standard InChI is InChI=1S/C36H43N5O3.C3H6O2.2Na/c1-9-12-13-41(8)33(42)15-25-30-14-19(4)26(37-30)16-27-20(5)23(10-2)31(38-27)17-28-21(6)24(11-3)32(39-28)18-29-22(7)34(36(43)44)35(25)40-29;1-2-3(4)5;;/h10,16-19,37,43-44H,2,9,11-15H2,1,3-8H3;2H2,1H3,(H,4,5);;/q;;2*+1/p-2. The van der Waals surface area contributed by atoms with Crippen LogP contribution in [0.25, 0.3) is 0 Å². The van der Waals surface area contributed by atoms with E-state index in [1.54, 1.807) is 18.9 Å². The maximum atomic E-state index is 13.6. The van der Waals surface area contributed by atoms with Crippen LogP contribution in [0.4, 0.5) is 0 Å². The second-order valence-corrected chi connectivity index (χ2v) is 12.8. The summed E-state index contributed by atoms with van der Waals surface area (Å²) >= 11 is 0. The van der Waals surface area contributed by atoms with Crippen LogP contribution in [0.2, 0.25) is 0 Å². The number of aliphatic carboxylic acids is 1. The molecule has 2 N–H and O–H groups in total. The number of carbonyl (C=O) groups excluding carboxylic acids is 2. The largest absolute Gasteiger partial charge is 1.00 e. The third-order valence-electron chi connectivity index (χ3n) is 9.41. The van der Waals surface area contributed by atoms with Gasteiger partial charge in [0.25, 0.3) is 0 Å². The average molecular weight is 712 g/mol. The quantitative estimate of drug-likeness (QED) is 0.252. The Morgan fingerprint density at radius 1 is 0.980 bits per heavy atom. The summed E-state index contributed by atoms with van der Waals surface area (Å²) in [6, 6.07) is 0. The van der Waals surface area contributed by atoms with E-state index in [1.807, 2.05) is 25.2 Å². The maximum Gasteiger partial charge on any atom is 1.00 e. The van der Waals surface area contributed by atoms with Gasteiger partial charge in [0, 0.05) is 53.6 Å². The van der Waals surface area contributed by atoms with Gasteiger partial charge in [-0.05, 0) is 87.0 Å². The Bertz CT molecular complexity index is 1830. The normalized spacial score (nSPS) is 20.1. The van der Waals surface area contributed by atoms with Gasteiger partial charge in [0.1, 0.15) is 0 Å². The minimum atomic E-state index is -1.06. The monoisotopic (exact) mass is 711 g/mol. The molecule has 260 valence electrons. The molecule has 10 nitrogen and oxygen atoms in total. The van der Waals surface area contributed by atoms with Gasteiger partial charge in [-0.25, -0.2) is 15.0 Å². The van der Waals surface area contributed by atoms with Crippen molar-refractivity contribution in [1.29, 1.82) is 0 Å². The molecule has 1 unspecified atom stereocenters. The van der Waals surface area contributed by atoms with Crippen molar-refractivity contribution in [2.24, 2.45) is 20.9 Å². The minimum Gasteiger partial charge on any atom is -0.629 e. The van der Waals surface area contributed by atoms with Crippen molar-refractivity contribution in [3.63, 3.8) is 0 Å². The molecule has 0 saturated carbocycles. The molecular weight excluding hydrogens is 664 g/mol. The first-order chi connectivity index (χ1) is 23.3. The van der Waals surface area contributed by atoms with Crippen molar-refractivity contribution >= 4 is 29.0 Å². The van der Waals surface area contributed by atoms with Gasteiger partial charge in [-0.3, -0.25) is 4.79 Å². The van der Waals surface area contributed by atoms with Gasteiger partial charge in [-0.2, -0.15) is 0 Å². The number of fused-ring (bicyclic) bond motifs is 5. The van der Waals surface area contributed by atoms with E-state index in [2.05, 4.69) is 45.7 Å². The first-order valence-electron chi connectivity index (χ1n) is 17.0. The van der Waals surface area contributed by atoms with Crippen molar-refractivity contribution in [2.45, 2.75) is 87.0 Å². The van der Waals surface area contributed by atoms with Crippen molar-refractivity contribution in [1.82, 2.24) is 10.2 Å². The van der Waals surface area contributed by atoms with Crippen LogP contribution in [-0.2, 0) is 9.59 Å². The Kier molecular flexibility index (Phi) is 16.6. The summed E-state index contributed by atoms with van der Waals surface area (Å²) in [6.45, 7) is 18.4. The molecule has 0 aromatic rings. The molecule has 5 rings (SSSR count). The number of carbonyl (C=O) groups is 2. The summed E-state index contributed by atoms with van der Waals surface area (Å²) in [5, 5.41) is 36.1. The Hall–Kier alpha value is -2.99. The number of nitrogens with one attached hydrogen (secondary N) is 1. The van der Waals surface area contributed by atoms with Crippen LogP contribution in [0, 0.1) is 5.92 Å². The number of aliphatic hydroxyl groups excluding tert-OH is 1. The molecule has 51 heavy (non-hydrogen) atoms. The molecule has 1 atom stereocenters. The zero-order valence-electron chi connectivity index (χ0n) is 31.9. The fraction of sp³-hybridized carbons (Fsp3) is 0.410. The Morgan fingerprint density at radius 3 is 2.18 bits per heavy atom. The summed E-state index contributed by atoms with van der Waals surface area (Å²) in [4.78, 5) is 39.5. The molecule has 5 aliphatic rings. The fourth-order valence-electron chi connectivity index (χ4n) is 6.32. The Morgan fingerprint density at radius 2 is 1.61 bits per heavy atom. The summed E-state index contributed by atoms with van der Waals surface area (Å²) in [7, 11) is 1.80. The molecular formula is C39H47N5Na2O5. The number of hydrogen-bond donors (Lipinski definition) is 2. The first-order valence-corrected chi connectivity index (χ1v) is 17.0. The molecule has 1 saturated heterocycles. The van der Waals surface area contributed by atoms with E-state index < -0.39 is 11.9 Å². The van der Waals surface area contributed by atoms with Crippen LogP contribution in [-0.4, -0.2) is 52.6 Å². The number of rotatable bonds is 8. The number of hydrogen-bond acceptors (Lipinski definition) is 9. The number of nitrogens with zero attached hydrogens (tertiary/aromatic N) is 4. The van der Waals surface area contributed by atoms with Crippen LogP contribution >= 0.6 is 0 Å². The minimum absolute atomic E-state index is 0. The molecule has 1 fully saturated rings. The number of carboxylic acids is 1. The SMILES string of the molecule is C=CC1=C(C)C2=NC1=CC1=NC(=CC3=C(C)/C(=C(\[O-])O)C(=N3)C(CC(=O)N(C)CCCC)=C3CC(C)C(=C2)N3)C(CC)=C1C.CCC(=O)[O-].[Na+].[Na+]. The number of unbranched alkanes of at least 4 members (excludes halogenated alkanes) is 1. The molecule has 8 bridgehead atoms. The van der Waals surface area contributed by atoms with Crippen molar-refractivity contribution in [3.8, 4) is 0 Å². The molecule has 1 amide bonds. The summed E-state index contributed by atoms with van der Waals surface area (Å²) < 4.78 is 0. The number of allylic oxidation sites excluding steroid dienone is 11. The van der Waals surface area contributed by atoms with Gasteiger partial charge in [0.05, 0.1) is 46.6 Å². The first kappa shape index (κ1) is 44.2. The van der Waals surface area contributed by atoms with Crippen molar-refractivity contribution in [2.75, 3.05) is 13.6 Å². The van der Waals surface area contributed by atoms with E-state index in [-0.39, 0.29) is 89.4 Å². The number of amides is 1. The van der Waals surface area contributed by atoms with Crippen LogP contribution in [0.3, 0.4) is 0 Å². The van der Waals surface area contributed by atoms with E-state index in [4.69, 9.17) is 15.0 Å². The van der Waals surface area contributed by atoms with Crippen molar-refractivity contribution in [3.05, 3.63) is 104 Å². The van der Waals surface area contributed by atoms with Gasteiger partial charge < -0.3 is 30.3 Å². The van der Waals surface area contributed by atoms with Gasteiger partial charge in [-0.1, -0.05) is 46.8 Å². The number of aliphatic imine (C=N–C) groups is 3. The maximum absolute atomic E-state index is 13.6. The van der Waals surface area contributed by atoms with Crippen LogP contribution in [0.5, 0.6) is 0 Å². The van der Waals surface area contributed by atoms with E-state index in [1.165, 1.54) is 6.92 Å². The van der Waals surface area contributed by atoms with Crippen molar-refractivity contribution < 1.29 is 84.0 Å². The van der Waals surface area contributed by atoms with E-state index in [0.29, 0.717) is 35.5 Å². The summed E-state index contributed by atoms with van der Waals surface area (Å²) in [6.07, 6.45) is 11.2. The summed E-state index contributed by atoms with van der Waals surface area (Å²) in [5.41, 5.74) is 11.3. The molecule has 5 aliphatic heterocycles.